The number of nitrogens with two attached hydrogens (primary N) is 1. The van der Waals surface area contributed by atoms with E-state index >= 15 is 0 Å². The monoisotopic (exact) mass is 297 g/mol. The Bertz CT molecular complexity index is 404. The van der Waals surface area contributed by atoms with Gasteiger partial charge in [0.2, 0.25) is 0 Å². The molecule has 1 aromatic carbocycles. The number of thioether (sulfide) groups is 1. The minimum atomic E-state index is -0.195. The van der Waals surface area contributed by atoms with Crippen LogP contribution in [0.5, 0.6) is 0 Å². The summed E-state index contributed by atoms with van der Waals surface area (Å²) in [4.78, 5) is 5.36. The largest absolute Gasteiger partial charge is 0.370 e. The molecular formula is C15H24FN3S. The van der Waals surface area contributed by atoms with E-state index in [9.17, 15) is 4.39 Å². The van der Waals surface area contributed by atoms with Crippen molar-refractivity contribution in [3.63, 3.8) is 0 Å². The summed E-state index contributed by atoms with van der Waals surface area (Å²) in [6.45, 7) is 5.95. The molecule has 0 radical (unpaired) electrons. The lowest BCUT2D eigenvalue weighted by atomic mass is 10.1. The van der Waals surface area contributed by atoms with Gasteiger partial charge in [-0.3, -0.25) is 4.99 Å². The highest BCUT2D eigenvalue weighted by Gasteiger charge is 1.96. The molecule has 1 aromatic rings. The standard InChI is InChI=1S/C15H24FN3S/c1-12(2)8-10-19-15(17)18-9-3-11-20-14-6-4-13(16)5-7-14/h4-7,12H,3,8-11H2,1-2H3,(H3,17,18,19). The zero-order valence-corrected chi connectivity index (χ0v) is 13.0. The Morgan fingerprint density at radius 1 is 1.35 bits per heavy atom. The molecule has 0 saturated carbocycles. The van der Waals surface area contributed by atoms with Crippen molar-refractivity contribution in [2.24, 2.45) is 16.6 Å². The van der Waals surface area contributed by atoms with Gasteiger partial charge in [0.1, 0.15) is 5.82 Å². The second-order valence-corrected chi connectivity index (χ2v) is 6.20. The zero-order chi connectivity index (χ0) is 14.8. The molecule has 20 heavy (non-hydrogen) atoms. The molecule has 0 unspecified atom stereocenters. The topological polar surface area (TPSA) is 50.4 Å². The lowest BCUT2D eigenvalue weighted by Gasteiger charge is -2.07. The lowest BCUT2D eigenvalue weighted by Crippen LogP contribution is -2.33. The van der Waals surface area contributed by atoms with Crippen LogP contribution in [0.1, 0.15) is 26.7 Å². The van der Waals surface area contributed by atoms with E-state index in [1.165, 1.54) is 12.1 Å². The van der Waals surface area contributed by atoms with Crippen LogP contribution in [0.4, 0.5) is 4.39 Å². The number of guanidine groups is 1. The highest BCUT2D eigenvalue weighted by Crippen LogP contribution is 2.18. The van der Waals surface area contributed by atoms with E-state index in [4.69, 9.17) is 5.73 Å². The summed E-state index contributed by atoms with van der Waals surface area (Å²) in [5.74, 6) is 1.95. The fourth-order valence-electron chi connectivity index (χ4n) is 1.53. The number of rotatable bonds is 8. The van der Waals surface area contributed by atoms with Gasteiger partial charge < -0.3 is 11.1 Å². The van der Waals surface area contributed by atoms with E-state index < -0.39 is 0 Å². The van der Waals surface area contributed by atoms with Crippen molar-refractivity contribution in [3.8, 4) is 0 Å². The third-order valence-corrected chi connectivity index (χ3v) is 3.79. The lowest BCUT2D eigenvalue weighted by molar-refractivity contribution is 0.576. The predicted octanol–water partition coefficient (Wildman–Crippen LogP) is 3.26. The maximum atomic E-state index is 12.7. The van der Waals surface area contributed by atoms with Crippen molar-refractivity contribution in [3.05, 3.63) is 30.1 Å². The molecule has 0 atom stereocenters. The Kier molecular flexibility index (Phi) is 8.11. The van der Waals surface area contributed by atoms with Gasteiger partial charge in [0.15, 0.2) is 5.96 Å². The van der Waals surface area contributed by atoms with Crippen LogP contribution in [0, 0.1) is 11.7 Å². The molecule has 0 saturated heterocycles. The maximum Gasteiger partial charge on any atom is 0.188 e. The van der Waals surface area contributed by atoms with E-state index in [1.807, 2.05) is 0 Å². The first kappa shape index (κ1) is 16.8. The minimum Gasteiger partial charge on any atom is -0.370 e. The van der Waals surface area contributed by atoms with Crippen LogP contribution in [-0.4, -0.2) is 24.8 Å². The zero-order valence-electron chi connectivity index (χ0n) is 12.2. The number of benzene rings is 1. The summed E-state index contributed by atoms with van der Waals surface area (Å²) in [6, 6.07) is 6.56. The molecule has 3 N–H and O–H groups in total. The van der Waals surface area contributed by atoms with Crippen molar-refractivity contribution in [1.29, 1.82) is 0 Å². The van der Waals surface area contributed by atoms with Gasteiger partial charge in [-0.05, 0) is 48.8 Å². The third kappa shape index (κ3) is 8.04. The van der Waals surface area contributed by atoms with Gasteiger partial charge in [0.05, 0.1) is 0 Å². The van der Waals surface area contributed by atoms with Crippen molar-refractivity contribution in [1.82, 2.24) is 5.32 Å². The molecule has 3 nitrogen and oxygen atoms in total. The van der Waals surface area contributed by atoms with E-state index in [0.29, 0.717) is 18.4 Å². The average Bonchev–Trinajstić information content (AvgIpc) is 2.40. The van der Waals surface area contributed by atoms with Gasteiger partial charge in [0.25, 0.3) is 0 Å². The molecular weight excluding hydrogens is 273 g/mol. The molecule has 0 heterocycles. The van der Waals surface area contributed by atoms with Crippen molar-refractivity contribution in [2.45, 2.75) is 31.6 Å². The van der Waals surface area contributed by atoms with E-state index in [0.717, 1.165) is 30.0 Å². The van der Waals surface area contributed by atoms with E-state index in [2.05, 4.69) is 24.2 Å². The molecule has 0 bridgehead atoms. The van der Waals surface area contributed by atoms with Crippen molar-refractivity contribution < 1.29 is 4.39 Å². The van der Waals surface area contributed by atoms with E-state index in [1.54, 1.807) is 23.9 Å². The molecule has 5 heteroatoms. The molecule has 0 spiro atoms. The number of hydrogen-bond acceptors (Lipinski definition) is 2. The van der Waals surface area contributed by atoms with Crippen LogP contribution in [0.25, 0.3) is 0 Å². The normalized spacial score (nSPS) is 11.9. The first-order chi connectivity index (χ1) is 9.58. The maximum absolute atomic E-state index is 12.7. The van der Waals surface area contributed by atoms with Crippen molar-refractivity contribution >= 4 is 17.7 Å². The van der Waals surface area contributed by atoms with Gasteiger partial charge in [-0.15, -0.1) is 11.8 Å². The predicted molar refractivity (Wildman–Crippen MR) is 85.7 cm³/mol. The molecule has 0 aliphatic carbocycles. The van der Waals surface area contributed by atoms with Crippen LogP contribution < -0.4 is 11.1 Å². The smallest absolute Gasteiger partial charge is 0.188 e. The highest BCUT2D eigenvalue weighted by molar-refractivity contribution is 7.99. The summed E-state index contributed by atoms with van der Waals surface area (Å²) in [6.07, 6.45) is 2.05. The third-order valence-electron chi connectivity index (χ3n) is 2.69. The molecule has 0 amide bonds. The second-order valence-electron chi connectivity index (χ2n) is 5.03. The van der Waals surface area contributed by atoms with E-state index in [-0.39, 0.29) is 5.82 Å². The molecule has 0 aliphatic heterocycles. The molecule has 1 rings (SSSR count). The molecule has 0 aliphatic rings. The number of halogens is 1. The number of hydrogen-bond donors (Lipinski definition) is 2. The second kappa shape index (κ2) is 9.64. The Morgan fingerprint density at radius 3 is 2.70 bits per heavy atom. The van der Waals surface area contributed by atoms with Gasteiger partial charge in [-0.25, -0.2) is 4.39 Å². The van der Waals surface area contributed by atoms with Gasteiger partial charge in [0, 0.05) is 18.0 Å². The number of nitrogens with one attached hydrogen (secondary N) is 1. The Morgan fingerprint density at radius 2 is 2.05 bits per heavy atom. The Labute approximate surface area is 125 Å². The minimum absolute atomic E-state index is 0.195. The van der Waals surface area contributed by atoms with Gasteiger partial charge in [-0.2, -0.15) is 0 Å². The molecule has 0 fully saturated rings. The van der Waals surface area contributed by atoms with Gasteiger partial charge in [-0.1, -0.05) is 13.8 Å². The summed E-state index contributed by atoms with van der Waals surface area (Å²) in [5, 5.41) is 3.11. The summed E-state index contributed by atoms with van der Waals surface area (Å²) >= 11 is 1.71. The van der Waals surface area contributed by atoms with Crippen LogP contribution in [-0.2, 0) is 0 Å². The average molecular weight is 297 g/mol. The first-order valence-electron chi connectivity index (χ1n) is 7.00. The fraction of sp³-hybridized carbons (Fsp3) is 0.533. The fourth-order valence-corrected chi connectivity index (χ4v) is 2.37. The number of nitrogens with zero attached hydrogens (tertiary/aromatic N) is 1. The van der Waals surface area contributed by atoms with Gasteiger partial charge >= 0.3 is 0 Å². The SMILES string of the molecule is CC(C)CCNC(N)=NCCCSc1ccc(F)cc1. The van der Waals surface area contributed by atoms with Crippen LogP contribution >= 0.6 is 11.8 Å². The number of aliphatic imine (C=N–C) groups is 1. The quantitative estimate of drug-likeness (QED) is 0.335. The Balaban J connectivity index is 2.10. The van der Waals surface area contributed by atoms with Crippen LogP contribution in [0.2, 0.25) is 0 Å². The highest BCUT2D eigenvalue weighted by atomic mass is 32.2. The summed E-state index contributed by atoms with van der Waals surface area (Å²) in [5.41, 5.74) is 5.76. The molecule has 112 valence electrons. The molecule has 0 aromatic heterocycles. The summed E-state index contributed by atoms with van der Waals surface area (Å²) < 4.78 is 12.7. The van der Waals surface area contributed by atoms with Crippen LogP contribution in [0.15, 0.2) is 34.2 Å². The summed E-state index contributed by atoms with van der Waals surface area (Å²) in [7, 11) is 0. The Hall–Kier alpha value is -1.23. The first-order valence-corrected chi connectivity index (χ1v) is 7.98. The van der Waals surface area contributed by atoms with Crippen molar-refractivity contribution in [2.75, 3.05) is 18.8 Å². The van der Waals surface area contributed by atoms with Crippen LogP contribution in [0.3, 0.4) is 0 Å².